The van der Waals surface area contributed by atoms with Crippen molar-refractivity contribution in [3.8, 4) is 0 Å². The predicted octanol–water partition coefficient (Wildman–Crippen LogP) is 2.34. The Morgan fingerprint density at radius 1 is 0.964 bits per heavy atom. The predicted molar refractivity (Wildman–Crippen MR) is 110 cm³/mol. The number of piperazine rings is 1. The first-order valence-corrected chi connectivity index (χ1v) is 9.79. The van der Waals surface area contributed by atoms with Crippen LogP contribution in [0.1, 0.15) is 5.56 Å². The number of hydrogen-bond donors (Lipinski definition) is 0. The van der Waals surface area contributed by atoms with Gasteiger partial charge >= 0.3 is 5.69 Å². The highest BCUT2D eigenvalue weighted by Gasteiger charge is 2.23. The molecule has 28 heavy (non-hydrogen) atoms. The van der Waals surface area contributed by atoms with Gasteiger partial charge in [-0.05, 0) is 29.8 Å². The Balaban J connectivity index is 1.39. The zero-order chi connectivity index (χ0) is 19.7. The van der Waals surface area contributed by atoms with Gasteiger partial charge in [0.1, 0.15) is 6.54 Å². The Kier molecular flexibility index (Phi) is 5.24. The molecule has 3 aromatic rings. The maximum Gasteiger partial charge on any atom is 0.329 e. The zero-order valence-electron chi connectivity index (χ0n) is 15.8. The quantitative estimate of drug-likeness (QED) is 0.677. The minimum absolute atomic E-state index is 0.00963. The van der Waals surface area contributed by atoms with Gasteiger partial charge in [-0.3, -0.25) is 18.8 Å². The number of aryl methyl sites for hydroxylation is 1. The molecule has 1 aromatic heterocycles. The highest BCUT2D eigenvalue weighted by atomic mass is 35.5. The normalized spacial score (nSPS) is 15.3. The number of carbonyl (C=O) groups is 1. The fourth-order valence-electron chi connectivity index (χ4n) is 3.75. The lowest BCUT2D eigenvalue weighted by Gasteiger charge is -2.34. The van der Waals surface area contributed by atoms with E-state index in [1.54, 1.807) is 16.2 Å². The summed E-state index contributed by atoms with van der Waals surface area (Å²) in [6.07, 6.45) is 0. The van der Waals surface area contributed by atoms with E-state index in [9.17, 15) is 9.59 Å². The second-order valence-corrected chi connectivity index (χ2v) is 7.64. The molecule has 1 aliphatic rings. The SMILES string of the molecule is Cn1c(=O)n(CC(=O)N2CCN(Cc3ccc(Cl)cc3)CC2)c2ccccc21. The van der Waals surface area contributed by atoms with E-state index >= 15 is 0 Å². The Labute approximate surface area is 168 Å². The molecule has 1 amide bonds. The van der Waals surface area contributed by atoms with E-state index in [4.69, 9.17) is 11.6 Å². The average Bonchev–Trinajstić information content (AvgIpc) is 2.95. The lowest BCUT2D eigenvalue weighted by atomic mass is 10.2. The smallest absolute Gasteiger partial charge is 0.329 e. The van der Waals surface area contributed by atoms with Gasteiger partial charge in [-0.25, -0.2) is 4.79 Å². The molecule has 2 heterocycles. The molecule has 2 aromatic carbocycles. The molecular formula is C21H23ClN4O2. The fraction of sp³-hybridized carbons (Fsp3) is 0.333. The number of amides is 1. The van der Waals surface area contributed by atoms with Gasteiger partial charge in [-0.2, -0.15) is 0 Å². The monoisotopic (exact) mass is 398 g/mol. The van der Waals surface area contributed by atoms with E-state index in [0.29, 0.717) is 13.1 Å². The van der Waals surface area contributed by atoms with Crippen LogP contribution in [0.2, 0.25) is 5.02 Å². The highest BCUT2D eigenvalue weighted by Crippen LogP contribution is 2.14. The summed E-state index contributed by atoms with van der Waals surface area (Å²) in [6.45, 7) is 3.91. The van der Waals surface area contributed by atoms with Crippen LogP contribution in [-0.2, 0) is 24.9 Å². The van der Waals surface area contributed by atoms with Crippen molar-refractivity contribution in [2.75, 3.05) is 26.2 Å². The molecule has 1 saturated heterocycles. The molecular weight excluding hydrogens is 376 g/mol. The van der Waals surface area contributed by atoms with Gasteiger partial charge in [0.15, 0.2) is 0 Å². The zero-order valence-corrected chi connectivity index (χ0v) is 16.6. The Hall–Kier alpha value is -2.57. The number of hydrogen-bond acceptors (Lipinski definition) is 3. The second-order valence-electron chi connectivity index (χ2n) is 7.20. The van der Waals surface area contributed by atoms with Crippen LogP contribution in [-0.4, -0.2) is 51.0 Å². The highest BCUT2D eigenvalue weighted by molar-refractivity contribution is 6.30. The summed E-state index contributed by atoms with van der Waals surface area (Å²) in [5.74, 6) is -0.00963. The van der Waals surface area contributed by atoms with Gasteiger partial charge in [-0.1, -0.05) is 35.9 Å². The maximum atomic E-state index is 12.8. The number of halogens is 1. The molecule has 0 N–H and O–H groups in total. The minimum atomic E-state index is -0.157. The van der Waals surface area contributed by atoms with Crippen molar-refractivity contribution in [2.24, 2.45) is 7.05 Å². The summed E-state index contributed by atoms with van der Waals surface area (Å²) in [6, 6.07) is 15.4. The molecule has 0 bridgehead atoms. The Bertz CT molecular complexity index is 1050. The van der Waals surface area contributed by atoms with E-state index in [1.807, 2.05) is 53.4 Å². The number of para-hydroxylation sites is 2. The molecule has 146 valence electrons. The van der Waals surface area contributed by atoms with E-state index in [0.717, 1.165) is 35.7 Å². The van der Waals surface area contributed by atoms with Crippen molar-refractivity contribution in [3.05, 3.63) is 69.6 Å². The number of nitrogens with zero attached hydrogens (tertiary/aromatic N) is 4. The van der Waals surface area contributed by atoms with Gasteiger partial charge in [0.2, 0.25) is 5.91 Å². The van der Waals surface area contributed by atoms with Crippen LogP contribution in [0.4, 0.5) is 0 Å². The van der Waals surface area contributed by atoms with Gasteiger partial charge in [-0.15, -0.1) is 0 Å². The lowest BCUT2D eigenvalue weighted by Crippen LogP contribution is -2.49. The van der Waals surface area contributed by atoms with E-state index in [-0.39, 0.29) is 18.1 Å². The van der Waals surface area contributed by atoms with E-state index in [2.05, 4.69) is 4.90 Å². The minimum Gasteiger partial charge on any atom is -0.339 e. The van der Waals surface area contributed by atoms with E-state index < -0.39 is 0 Å². The van der Waals surface area contributed by atoms with Gasteiger partial charge in [0.05, 0.1) is 11.0 Å². The van der Waals surface area contributed by atoms with Crippen LogP contribution >= 0.6 is 11.6 Å². The van der Waals surface area contributed by atoms with Crippen LogP contribution in [0.5, 0.6) is 0 Å². The molecule has 0 radical (unpaired) electrons. The standard InChI is InChI=1S/C21H23ClN4O2/c1-23-18-4-2-3-5-19(18)26(21(23)28)15-20(27)25-12-10-24(11-13-25)14-16-6-8-17(22)9-7-16/h2-9H,10-15H2,1H3. The third kappa shape index (κ3) is 3.70. The number of imidazole rings is 1. The fourth-order valence-corrected chi connectivity index (χ4v) is 3.88. The number of rotatable bonds is 4. The molecule has 7 heteroatoms. The topological polar surface area (TPSA) is 50.5 Å². The van der Waals surface area contributed by atoms with Crippen LogP contribution < -0.4 is 5.69 Å². The summed E-state index contributed by atoms with van der Waals surface area (Å²) in [5, 5.41) is 0.739. The molecule has 1 fully saturated rings. The number of carbonyl (C=O) groups excluding carboxylic acids is 1. The number of aromatic nitrogens is 2. The Morgan fingerprint density at radius 3 is 2.29 bits per heavy atom. The van der Waals surface area contributed by atoms with Crippen molar-refractivity contribution in [1.29, 1.82) is 0 Å². The molecule has 4 rings (SSSR count). The van der Waals surface area contributed by atoms with Crippen molar-refractivity contribution in [2.45, 2.75) is 13.1 Å². The molecule has 1 aliphatic heterocycles. The van der Waals surface area contributed by atoms with Crippen LogP contribution in [0.3, 0.4) is 0 Å². The lowest BCUT2D eigenvalue weighted by molar-refractivity contribution is -0.133. The first kappa shape index (κ1) is 18.8. The molecule has 0 aliphatic carbocycles. The van der Waals surface area contributed by atoms with Crippen LogP contribution in [0.25, 0.3) is 11.0 Å². The number of benzene rings is 2. The molecule has 6 nitrogen and oxygen atoms in total. The van der Waals surface area contributed by atoms with Gasteiger partial charge < -0.3 is 4.90 Å². The summed E-state index contributed by atoms with van der Waals surface area (Å²) in [7, 11) is 1.74. The first-order valence-electron chi connectivity index (χ1n) is 9.42. The largest absolute Gasteiger partial charge is 0.339 e. The van der Waals surface area contributed by atoms with Crippen LogP contribution in [0.15, 0.2) is 53.3 Å². The van der Waals surface area contributed by atoms with Crippen molar-refractivity contribution in [1.82, 2.24) is 18.9 Å². The van der Waals surface area contributed by atoms with Crippen molar-refractivity contribution >= 4 is 28.5 Å². The van der Waals surface area contributed by atoms with Crippen LogP contribution in [0, 0.1) is 0 Å². The summed E-state index contributed by atoms with van der Waals surface area (Å²) in [5.41, 5.74) is 2.69. The van der Waals surface area contributed by atoms with Crippen molar-refractivity contribution < 1.29 is 4.79 Å². The summed E-state index contributed by atoms with van der Waals surface area (Å²) < 4.78 is 3.16. The molecule has 0 saturated carbocycles. The summed E-state index contributed by atoms with van der Waals surface area (Å²) >= 11 is 5.94. The third-order valence-electron chi connectivity index (χ3n) is 5.39. The second kappa shape index (κ2) is 7.81. The maximum absolute atomic E-state index is 12.8. The first-order chi connectivity index (χ1) is 13.5. The van der Waals surface area contributed by atoms with Crippen molar-refractivity contribution in [3.63, 3.8) is 0 Å². The van der Waals surface area contributed by atoms with E-state index in [1.165, 1.54) is 5.56 Å². The van der Waals surface area contributed by atoms with Gasteiger partial charge in [0, 0.05) is 44.8 Å². The molecule has 0 spiro atoms. The average molecular weight is 399 g/mol. The van der Waals surface area contributed by atoms with Gasteiger partial charge in [0.25, 0.3) is 0 Å². The number of fused-ring (bicyclic) bond motifs is 1. The third-order valence-corrected chi connectivity index (χ3v) is 5.64. The Morgan fingerprint density at radius 2 is 1.61 bits per heavy atom. The molecule has 0 unspecified atom stereocenters. The molecule has 0 atom stereocenters. The summed E-state index contributed by atoms with van der Waals surface area (Å²) in [4.78, 5) is 29.5.